The maximum Gasteiger partial charge on any atom is 0.225 e. The van der Waals surface area contributed by atoms with Crippen LogP contribution in [0.2, 0.25) is 0 Å². The van der Waals surface area contributed by atoms with E-state index in [4.69, 9.17) is 18.0 Å². The van der Waals surface area contributed by atoms with Crippen LogP contribution < -0.4 is 5.73 Å². The van der Waals surface area contributed by atoms with Crippen LogP contribution in [-0.4, -0.2) is 14.8 Å². The average Bonchev–Trinajstić information content (AvgIpc) is 2.58. The predicted octanol–water partition coefficient (Wildman–Crippen LogP) is 2.81. The molecule has 0 aliphatic heterocycles. The van der Waals surface area contributed by atoms with Crippen LogP contribution in [0.5, 0.6) is 0 Å². The third-order valence-electron chi connectivity index (χ3n) is 2.69. The van der Waals surface area contributed by atoms with Gasteiger partial charge in [-0.15, -0.1) is 5.10 Å². The van der Waals surface area contributed by atoms with Gasteiger partial charge < -0.3 is 5.73 Å². The number of nitrogens with one attached hydrogen (secondary N) is 1. The number of nitrogen functional groups attached to an aromatic ring is 1. The van der Waals surface area contributed by atoms with E-state index in [0.29, 0.717) is 10.7 Å². The molecule has 0 fully saturated rings. The molecule has 0 saturated heterocycles. The number of rotatable bonds is 1. The molecule has 0 unspecified atom stereocenters. The van der Waals surface area contributed by atoms with Crippen molar-refractivity contribution in [3.63, 3.8) is 0 Å². The largest absolute Gasteiger partial charge is 0.368 e. The van der Waals surface area contributed by atoms with Crippen molar-refractivity contribution in [3.8, 4) is 5.69 Å². The molecule has 2 aromatic rings. The molecule has 2 rings (SSSR count). The normalized spacial score (nSPS) is 11.7. The van der Waals surface area contributed by atoms with Crippen LogP contribution in [0.15, 0.2) is 24.3 Å². The molecule has 0 radical (unpaired) electrons. The van der Waals surface area contributed by atoms with Gasteiger partial charge in [-0.25, -0.2) is 5.10 Å². The molecule has 1 aromatic heterocycles. The number of benzene rings is 1. The van der Waals surface area contributed by atoms with E-state index < -0.39 is 0 Å². The molecule has 0 saturated carbocycles. The van der Waals surface area contributed by atoms with E-state index in [1.54, 1.807) is 4.57 Å². The summed E-state index contributed by atoms with van der Waals surface area (Å²) in [4.78, 5) is 0. The third-order valence-corrected chi connectivity index (χ3v) is 2.96. The summed E-state index contributed by atoms with van der Waals surface area (Å²) in [6, 6.07) is 8.18. The summed E-state index contributed by atoms with van der Waals surface area (Å²) in [6.07, 6.45) is 0. The molecule has 0 atom stereocenters. The SMILES string of the molecule is CC(C)(C)c1ccc(-n2c(N)n[nH]c2=S)cc1. The van der Waals surface area contributed by atoms with E-state index in [1.165, 1.54) is 5.56 Å². The van der Waals surface area contributed by atoms with Crippen LogP contribution in [-0.2, 0) is 5.41 Å². The van der Waals surface area contributed by atoms with Gasteiger partial charge in [-0.2, -0.15) is 0 Å². The molecule has 4 nitrogen and oxygen atoms in total. The van der Waals surface area contributed by atoms with E-state index in [0.717, 1.165) is 5.69 Å². The van der Waals surface area contributed by atoms with E-state index in [9.17, 15) is 0 Å². The molecule has 90 valence electrons. The lowest BCUT2D eigenvalue weighted by Crippen LogP contribution is -2.11. The summed E-state index contributed by atoms with van der Waals surface area (Å²) in [5.74, 6) is 0.374. The summed E-state index contributed by atoms with van der Waals surface area (Å²) in [6.45, 7) is 6.54. The molecule has 3 N–H and O–H groups in total. The Morgan fingerprint density at radius 1 is 1.24 bits per heavy atom. The summed E-state index contributed by atoms with van der Waals surface area (Å²) in [5.41, 5.74) is 8.09. The molecule has 0 aliphatic carbocycles. The van der Waals surface area contributed by atoms with Crippen molar-refractivity contribution in [2.24, 2.45) is 0 Å². The van der Waals surface area contributed by atoms with Gasteiger partial charge in [0.25, 0.3) is 0 Å². The van der Waals surface area contributed by atoms with Gasteiger partial charge in [0.1, 0.15) is 0 Å². The van der Waals surface area contributed by atoms with Crippen LogP contribution in [0, 0.1) is 4.77 Å². The van der Waals surface area contributed by atoms with Gasteiger partial charge >= 0.3 is 0 Å². The van der Waals surface area contributed by atoms with Crippen molar-refractivity contribution in [1.82, 2.24) is 14.8 Å². The Balaban J connectivity index is 2.47. The molecule has 17 heavy (non-hydrogen) atoms. The maximum atomic E-state index is 5.75. The van der Waals surface area contributed by atoms with Gasteiger partial charge in [0, 0.05) is 0 Å². The standard InChI is InChI=1S/C12H16N4S/c1-12(2,3)8-4-6-9(7-5-8)16-10(13)14-15-11(16)17/h4-7H,1-3H3,(H2,13,14)(H,15,17). The smallest absolute Gasteiger partial charge is 0.225 e. The van der Waals surface area contributed by atoms with Crippen LogP contribution >= 0.6 is 12.2 Å². The first kappa shape index (κ1) is 11.9. The van der Waals surface area contributed by atoms with Gasteiger partial charge in [-0.05, 0) is 35.3 Å². The third kappa shape index (κ3) is 2.24. The highest BCUT2D eigenvalue weighted by molar-refractivity contribution is 7.71. The lowest BCUT2D eigenvalue weighted by atomic mass is 9.87. The molecule has 0 amide bonds. The predicted molar refractivity (Wildman–Crippen MR) is 71.9 cm³/mol. The summed E-state index contributed by atoms with van der Waals surface area (Å²) < 4.78 is 2.22. The Morgan fingerprint density at radius 2 is 1.82 bits per heavy atom. The highest BCUT2D eigenvalue weighted by Gasteiger charge is 2.13. The zero-order valence-electron chi connectivity index (χ0n) is 10.2. The van der Waals surface area contributed by atoms with Crippen molar-refractivity contribution < 1.29 is 0 Å². The van der Waals surface area contributed by atoms with Gasteiger partial charge in [0.2, 0.25) is 10.7 Å². The zero-order valence-corrected chi connectivity index (χ0v) is 11.0. The second-order valence-electron chi connectivity index (χ2n) is 5.02. The Morgan fingerprint density at radius 3 is 2.24 bits per heavy atom. The first-order chi connectivity index (χ1) is 7.89. The van der Waals surface area contributed by atoms with Crippen molar-refractivity contribution in [2.75, 3.05) is 5.73 Å². The lowest BCUT2D eigenvalue weighted by molar-refractivity contribution is 0.590. The Hall–Kier alpha value is -1.62. The number of aromatic nitrogens is 3. The van der Waals surface area contributed by atoms with Gasteiger partial charge in [-0.1, -0.05) is 32.9 Å². The number of hydrogen-bond donors (Lipinski definition) is 2. The molecule has 1 aromatic carbocycles. The van der Waals surface area contributed by atoms with E-state index >= 15 is 0 Å². The van der Waals surface area contributed by atoms with Gasteiger partial charge in [0.15, 0.2) is 0 Å². The minimum Gasteiger partial charge on any atom is -0.368 e. The number of anilines is 1. The van der Waals surface area contributed by atoms with Gasteiger partial charge in [-0.3, -0.25) is 4.57 Å². The van der Waals surface area contributed by atoms with E-state index in [1.807, 2.05) is 12.1 Å². The quantitative estimate of drug-likeness (QED) is 0.763. The van der Waals surface area contributed by atoms with Crippen LogP contribution in [0.3, 0.4) is 0 Å². The van der Waals surface area contributed by atoms with Crippen molar-refractivity contribution in [2.45, 2.75) is 26.2 Å². The van der Waals surface area contributed by atoms with Gasteiger partial charge in [0.05, 0.1) is 5.69 Å². The second kappa shape index (κ2) is 4.00. The van der Waals surface area contributed by atoms with Crippen molar-refractivity contribution >= 4 is 18.2 Å². The Bertz CT molecular complexity index is 572. The van der Waals surface area contributed by atoms with Crippen molar-refractivity contribution in [3.05, 3.63) is 34.6 Å². The van der Waals surface area contributed by atoms with Crippen LogP contribution in [0.25, 0.3) is 5.69 Å². The second-order valence-corrected chi connectivity index (χ2v) is 5.41. The molecular weight excluding hydrogens is 232 g/mol. The molecular formula is C12H16N4S. The molecule has 0 spiro atoms. The number of hydrogen-bond acceptors (Lipinski definition) is 3. The summed E-state index contributed by atoms with van der Waals surface area (Å²) in [5, 5.41) is 6.56. The monoisotopic (exact) mass is 248 g/mol. The fourth-order valence-corrected chi connectivity index (χ4v) is 1.91. The van der Waals surface area contributed by atoms with E-state index in [-0.39, 0.29) is 5.41 Å². The highest BCUT2D eigenvalue weighted by Crippen LogP contribution is 2.23. The maximum absolute atomic E-state index is 5.75. The van der Waals surface area contributed by atoms with Crippen LogP contribution in [0.1, 0.15) is 26.3 Å². The topological polar surface area (TPSA) is 59.6 Å². The first-order valence-electron chi connectivity index (χ1n) is 5.43. The fraction of sp³-hybridized carbons (Fsp3) is 0.333. The lowest BCUT2D eigenvalue weighted by Gasteiger charge is -2.19. The van der Waals surface area contributed by atoms with Crippen LogP contribution in [0.4, 0.5) is 5.95 Å². The van der Waals surface area contributed by atoms with Crippen molar-refractivity contribution in [1.29, 1.82) is 0 Å². The molecule has 0 aliphatic rings. The summed E-state index contributed by atoms with van der Waals surface area (Å²) in [7, 11) is 0. The first-order valence-corrected chi connectivity index (χ1v) is 5.84. The minimum absolute atomic E-state index is 0.141. The fourth-order valence-electron chi connectivity index (χ4n) is 1.67. The number of aromatic amines is 1. The zero-order chi connectivity index (χ0) is 12.6. The number of H-pyrrole nitrogens is 1. The highest BCUT2D eigenvalue weighted by atomic mass is 32.1. The van der Waals surface area contributed by atoms with E-state index in [2.05, 4.69) is 43.1 Å². The Labute approximate surface area is 105 Å². The molecule has 1 heterocycles. The number of nitrogens with two attached hydrogens (primary N) is 1. The number of nitrogens with zero attached hydrogens (tertiary/aromatic N) is 2. The molecule has 5 heteroatoms. The summed E-state index contributed by atoms with van der Waals surface area (Å²) >= 11 is 5.13. The average molecular weight is 248 g/mol. The Kier molecular flexibility index (Phi) is 2.79. The minimum atomic E-state index is 0.141. The molecule has 0 bridgehead atoms.